The number of nitrogens with one attached hydrogen (secondary N) is 4. The van der Waals surface area contributed by atoms with Crippen LogP contribution in [0.15, 0.2) is 66.1 Å². The smallest absolute Gasteiger partial charge is 0.337 e. The Bertz CT molecular complexity index is 1190. The topological polar surface area (TPSA) is 104 Å². The van der Waals surface area contributed by atoms with Crippen molar-refractivity contribution in [2.24, 2.45) is 0 Å². The lowest BCUT2D eigenvalue weighted by Crippen LogP contribution is -2.45. The zero-order chi connectivity index (χ0) is 31.1. The molecule has 0 spiro atoms. The molecule has 230 valence electrons. The lowest BCUT2D eigenvalue weighted by Gasteiger charge is -2.29. The SMILES string of the molecule is C=C(C)NCCNC1CCC(c2ccccn2)CC1.CC.CCC1=C(C(=O)OC)C(c2ccc(F)c(C)c2)NC(=O)N1. The highest BCUT2D eigenvalue weighted by Gasteiger charge is 2.33. The molecule has 8 nitrogen and oxygen atoms in total. The number of ether oxygens (including phenoxy) is 1. The number of methoxy groups -OCH3 is 1. The van der Waals surface area contributed by atoms with Crippen LogP contribution >= 0.6 is 0 Å². The van der Waals surface area contributed by atoms with Gasteiger partial charge in [0.15, 0.2) is 0 Å². The van der Waals surface area contributed by atoms with Crippen molar-refractivity contribution in [2.75, 3.05) is 20.2 Å². The van der Waals surface area contributed by atoms with Crippen molar-refractivity contribution in [3.63, 3.8) is 0 Å². The van der Waals surface area contributed by atoms with Crippen molar-refractivity contribution in [3.8, 4) is 0 Å². The van der Waals surface area contributed by atoms with E-state index >= 15 is 0 Å². The second-order valence-corrected chi connectivity index (χ2v) is 10.2. The molecule has 2 heterocycles. The molecule has 9 heteroatoms. The van der Waals surface area contributed by atoms with Gasteiger partial charge < -0.3 is 26.0 Å². The Hall–Kier alpha value is -3.72. The number of pyridine rings is 1. The third-order valence-corrected chi connectivity index (χ3v) is 7.25. The van der Waals surface area contributed by atoms with Gasteiger partial charge in [0.2, 0.25) is 0 Å². The third-order valence-electron chi connectivity index (χ3n) is 7.25. The Labute approximate surface area is 250 Å². The van der Waals surface area contributed by atoms with E-state index < -0.39 is 18.0 Å². The average molecular weight is 582 g/mol. The van der Waals surface area contributed by atoms with Crippen molar-refractivity contribution in [1.29, 1.82) is 0 Å². The maximum atomic E-state index is 13.4. The number of urea groups is 1. The molecule has 1 atom stereocenters. The van der Waals surface area contributed by atoms with Gasteiger partial charge in [0.25, 0.3) is 0 Å². The van der Waals surface area contributed by atoms with Gasteiger partial charge in [0.05, 0.1) is 18.7 Å². The largest absolute Gasteiger partial charge is 0.466 e. The minimum Gasteiger partial charge on any atom is -0.466 e. The van der Waals surface area contributed by atoms with E-state index in [0.717, 1.165) is 18.8 Å². The minimum absolute atomic E-state index is 0.335. The molecule has 2 aromatic rings. The predicted octanol–water partition coefficient (Wildman–Crippen LogP) is 6.17. The van der Waals surface area contributed by atoms with Gasteiger partial charge in [-0.1, -0.05) is 45.5 Å². The number of esters is 1. The average Bonchev–Trinajstić information content (AvgIpc) is 3.01. The van der Waals surface area contributed by atoms with Crippen LogP contribution in [0, 0.1) is 12.7 Å². The number of hydrogen-bond acceptors (Lipinski definition) is 6. The van der Waals surface area contributed by atoms with E-state index in [0.29, 0.717) is 40.8 Å². The molecular weight excluding hydrogens is 533 g/mol. The van der Waals surface area contributed by atoms with E-state index in [1.54, 1.807) is 19.1 Å². The standard InChI is InChI=1S/C16H25N3.C15H17FN2O3.C2H6/c1-13(2)17-11-12-18-15-8-6-14(7-9-15)16-5-3-4-10-19-16;1-4-11-12(14(19)21-3)13(18-15(20)17-11)9-5-6-10(16)8(2)7-9;1-2/h3-5,10,14-15,17-18H,1,6-9,11-12H2,2H3;5-7,13H,4H2,1-3H3,(H2,17,18,20);1-2H3. The summed E-state index contributed by atoms with van der Waals surface area (Å²) < 4.78 is 18.2. The molecule has 4 rings (SSSR count). The third kappa shape index (κ3) is 10.3. The molecular formula is C33H48FN5O3. The number of nitrogens with zero attached hydrogens (tertiary/aromatic N) is 1. The molecule has 1 aliphatic heterocycles. The van der Waals surface area contributed by atoms with Crippen LogP contribution in [-0.2, 0) is 9.53 Å². The number of rotatable bonds is 9. The summed E-state index contributed by atoms with van der Waals surface area (Å²) >= 11 is 0. The quantitative estimate of drug-likeness (QED) is 0.209. The van der Waals surface area contributed by atoms with Crippen LogP contribution < -0.4 is 21.3 Å². The predicted molar refractivity (Wildman–Crippen MR) is 166 cm³/mol. The number of benzene rings is 1. The monoisotopic (exact) mass is 581 g/mol. The number of allylic oxidation sites excluding steroid dienone is 2. The van der Waals surface area contributed by atoms with E-state index in [2.05, 4.69) is 45.0 Å². The molecule has 2 aliphatic rings. The number of aryl methyl sites for hydroxylation is 1. The summed E-state index contributed by atoms with van der Waals surface area (Å²) in [6.45, 7) is 15.3. The lowest BCUT2D eigenvalue weighted by atomic mass is 9.84. The van der Waals surface area contributed by atoms with Crippen LogP contribution in [0.25, 0.3) is 0 Å². The lowest BCUT2D eigenvalue weighted by molar-refractivity contribution is -0.136. The normalized spacial score (nSPS) is 19.6. The van der Waals surface area contributed by atoms with Crippen LogP contribution in [0.4, 0.5) is 9.18 Å². The summed E-state index contributed by atoms with van der Waals surface area (Å²) in [5, 5.41) is 12.2. The van der Waals surface area contributed by atoms with E-state index in [1.807, 2.05) is 40.0 Å². The van der Waals surface area contributed by atoms with E-state index in [9.17, 15) is 14.0 Å². The number of amides is 2. The van der Waals surface area contributed by atoms with E-state index in [-0.39, 0.29) is 5.82 Å². The van der Waals surface area contributed by atoms with Gasteiger partial charge in [-0.25, -0.2) is 14.0 Å². The Morgan fingerprint density at radius 1 is 1.14 bits per heavy atom. The second-order valence-electron chi connectivity index (χ2n) is 10.2. The molecule has 42 heavy (non-hydrogen) atoms. The fourth-order valence-corrected chi connectivity index (χ4v) is 5.11. The Morgan fingerprint density at radius 2 is 1.86 bits per heavy atom. The number of hydrogen-bond donors (Lipinski definition) is 4. The first-order chi connectivity index (χ1) is 20.2. The van der Waals surface area contributed by atoms with Gasteiger partial charge in [0, 0.05) is 48.3 Å². The van der Waals surface area contributed by atoms with Gasteiger partial charge in [-0.05, 0) is 75.3 Å². The molecule has 0 saturated heterocycles. The second kappa shape index (κ2) is 18.0. The maximum Gasteiger partial charge on any atom is 0.337 e. The van der Waals surface area contributed by atoms with Crippen LogP contribution in [-0.4, -0.2) is 43.2 Å². The zero-order valence-corrected chi connectivity index (χ0v) is 26.0. The van der Waals surface area contributed by atoms with E-state index in [4.69, 9.17) is 4.74 Å². The van der Waals surface area contributed by atoms with Gasteiger partial charge in [-0.3, -0.25) is 4.98 Å². The summed E-state index contributed by atoms with van der Waals surface area (Å²) in [5.41, 5.74) is 4.24. The summed E-state index contributed by atoms with van der Waals surface area (Å²) in [7, 11) is 1.28. The summed E-state index contributed by atoms with van der Waals surface area (Å²) in [4.78, 5) is 28.3. The molecule has 0 radical (unpaired) electrons. The number of carbonyl (C=O) groups excluding carboxylic acids is 2. The van der Waals surface area contributed by atoms with Crippen molar-refractivity contribution in [2.45, 2.75) is 84.7 Å². The number of halogens is 1. The molecule has 4 N–H and O–H groups in total. The fourth-order valence-electron chi connectivity index (χ4n) is 5.11. The first-order valence-electron chi connectivity index (χ1n) is 14.9. The highest BCUT2D eigenvalue weighted by atomic mass is 19.1. The highest BCUT2D eigenvalue weighted by molar-refractivity contribution is 5.95. The van der Waals surface area contributed by atoms with E-state index in [1.165, 1.54) is 44.6 Å². The van der Waals surface area contributed by atoms with Crippen molar-refractivity contribution in [3.05, 3.63) is 88.8 Å². The van der Waals surface area contributed by atoms with Crippen molar-refractivity contribution < 1.29 is 18.7 Å². The molecule has 1 aliphatic carbocycles. The summed E-state index contributed by atoms with van der Waals surface area (Å²) in [5.74, 6) is -0.197. The Kier molecular flexibility index (Phi) is 14.7. The minimum atomic E-state index is -0.652. The number of carbonyl (C=O) groups is 2. The zero-order valence-electron chi connectivity index (χ0n) is 26.0. The number of aromatic nitrogens is 1. The first kappa shape index (κ1) is 34.5. The fraction of sp³-hybridized carbons (Fsp3) is 0.485. The summed E-state index contributed by atoms with van der Waals surface area (Å²) in [6, 6.07) is 10.4. The van der Waals surface area contributed by atoms with Crippen LogP contribution in [0.1, 0.15) is 88.6 Å². The van der Waals surface area contributed by atoms with Crippen LogP contribution in [0.5, 0.6) is 0 Å². The molecule has 1 unspecified atom stereocenters. The molecule has 1 saturated carbocycles. The van der Waals surface area contributed by atoms with Crippen LogP contribution in [0.3, 0.4) is 0 Å². The van der Waals surface area contributed by atoms with Gasteiger partial charge in [-0.15, -0.1) is 0 Å². The van der Waals surface area contributed by atoms with Gasteiger partial charge in [-0.2, -0.15) is 0 Å². The first-order valence-corrected chi connectivity index (χ1v) is 14.9. The van der Waals surface area contributed by atoms with Crippen LogP contribution in [0.2, 0.25) is 0 Å². The Morgan fingerprint density at radius 3 is 2.43 bits per heavy atom. The molecule has 0 bridgehead atoms. The van der Waals surface area contributed by atoms with Gasteiger partial charge in [0.1, 0.15) is 5.82 Å². The summed E-state index contributed by atoms with van der Waals surface area (Å²) in [6.07, 6.45) is 7.41. The Balaban J connectivity index is 0.000000278. The van der Waals surface area contributed by atoms with Gasteiger partial charge >= 0.3 is 12.0 Å². The van der Waals surface area contributed by atoms with Crippen molar-refractivity contribution >= 4 is 12.0 Å². The highest BCUT2D eigenvalue weighted by Crippen LogP contribution is 2.32. The van der Waals surface area contributed by atoms with Crippen molar-refractivity contribution in [1.82, 2.24) is 26.3 Å². The maximum absolute atomic E-state index is 13.4. The molecule has 1 aromatic heterocycles. The molecule has 1 aromatic carbocycles. The molecule has 2 amide bonds. The molecule has 1 fully saturated rings.